The molecule has 2 aromatic rings. The zero-order chi connectivity index (χ0) is 16.9. The first-order valence-corrected chi connectivity index (χ1v) is 8.53. The van der Waals surface area contributed by atoms with E-state index in [9.17, 15) is 8.42 Å². The first kappa shape index (κ1) is 16.9. The minimum Gasteiger partial charge on any atom is -0.382 e. The number of H-pyrrole nitrogens is 1. The number of hydrogen-bond donors (Lipinski definition) is 4. The first-order chi connectivity index (χ1) is 10.9. The number of anilines is 2. The highest BCUT2D eigenvalue weighted by Gasteiger charge is 2.13. The molecule has 1 aromatic heterocycles. The number of rotatable bonds is 7. The molecule has 0 unspecified atom stereocenters. The number of hydrogen-bond acceptors (Lipinski definition) is 7. The SMILES string of the molecule is CCCCNS(=O)(=O)c1cccc(N=Nc2c(N)n[nH]c2N)c1. The van der Waals surface area contributed by atoms with Gasteiger partial charge in [0.15, 0.2) is 11.5 Å². The zero-order valence-electron chi connectivity index (χ0n) is 12.7. The third-order valence-electron chi connectivity index (χ3n) is 3.01. The molecule has 23 heavy (non-hydrogen) atoms. The zero-order valence-corrected chi connectivity index (χ0v) is 13.5. The largest absolute Gasteiger partial charge is 0.382 e. The molecule has 0 saturated carbocycles. The van der Waals surface area contributed by atoms with Gasteiger partial charge in [-0.25, -0.2) is 13.1 Å². The highest BCUT2D eigenvalue weighted by molar-refractivity contribution is 7.89. The van der Waals surface area contributed by atoms with E-state index in [0.29, 0.717) is 12.2 Å². The first-order valence-electron chi connectivity index (χ1n) is 7.05. The van der Waals surface area contributed by atoms with Crippen LogP contribution in [0.4, 0.5) is 23.0 Å². The van der Waals surface area contributed by atoms with E-state index in [2.05, 4.69) is 25.1 Å². The molecule has 0 aliphatic rings. The Morgan fingerprint density at radius 1 is 1.30 bits per heavy atom. The molecule has 0 saturated heterocycles. The Bertz CT molecular complexity index is 779. The molecule has 10 heteroatoms. The van der Waals surface area contributed by atoms with Crippen molar-refractivity contribution in [3.05, 3.63) is 24.3 Å². The van der Waals surface area contributed by atoms with Crippen LogP contribution in [-0.4, -0.2) is 25.2 Å². The van der Waals surface area contributed by atoms with Gasteiger partial charge in [-0.1, -0.05) is 19.4 Å². The highest BCUT2D eigenvalue weighted by Crippen LogP contribution is 2.28. The van der Waals surface area contributed by atoms with Gasteiger partial charge in [0.1, 0.15) is 5.82 Å². The lowest BCUT2D eigenvalue weighted by Gasteiger charge is -2.06. The van der Waals surface area contributed by atoms with E-state index in [1.807, 2.05) is 6.92 Å². The number of azo groups is 1. The monoisotopic (exact) mass is 337 g/mol. The van der Waals surface area contributed by atoms with Crippen LogP contribution in [0.15, 0.2) is 39.4 Å². The smallest absolute Gasteiger partial charge is 0.240 e. The fraction of sp³-hybridized carbons (Fsp3) is 0.308. The van der Waals surface area contributed by atoms with E-state index in [0.717, 1.165) is 12.8 Å². The van der Waals surface area contributed by atoms with Crippen molar-refractivity contribution in [3.8, 4) is 0 Å². The van der Waals surface area contributed by atoms with Crippen LogP contribution in [0.3, 0.4) is 0 Å². The summed E-state index contributed by atoms with van der Waals surface area (Å²) in [5.74, 6) is 0.313. The topological polar surface area (TPSA) is 152 Å². The Morgan fingerprint density at radius 2 is 2.09 bits per heavy atom. The number of sulfonamides is 1. The fourth-order valence-corrected chi connectivity index (χ4v) is 2.87. The molecule has 0 atom stereocenters. The van der Waals surface area contributed by atoms with Gasteiger partial charge in [-0.2, -0.15) is 10.2 Å². The van der Waals surface area contributed by atoms with Crippen molar-refractivity contribution in [1.82, 2.24) is 14.9 Å². The number of unbranched alkanes of at least 4 members (excludes halogenated alkanes) is 1. The molecule has 1 heterocycles. The second-order valence-corrected chi connectivity index (χ2v) is 6.59. The van der Waals surface area contributed by atoms with Gasteiger partial charge in [-0.15, -0.1) is 5.11 Å². The van der Waals surface area contributed by atoms with Gasteiger partial charge in [-0.3, -0.25) is 5.10 Å². The standard InChI is InChI=1S/C13H19N7O2S/c1-2-3-7-16-23(21,22)10-6-4-5-9(8-10)17-18-11-12(14)19-20-13(11)15/h4-6,8,16H,2-3,7H2,1H3,(H5,14,15,19,20). The summed E-state index contributed by atoms with van der Waals surface area (Å²) in [5, 5.41) is 14.0. The molecule has 6 N–H and O–H groups in total. The molecule has 2 rings (SSSR count). The summed E-state index contributed by atoms with van der Waals surface area (Å²) in [7, 11) is -3.56. The maximum absolute atomic E-state index is 12.2. The van der Waals surface area contributed by atoms with E-state index in [1.54, 1.807) is 12.1 Å². The predicted molar refractivity (Wildman–Crippen MR) is 88.1 cm³/mol. The molecule has 0 fully saturated rings. The van der Waals surface area contributed by atoms with Crippen LogP contribution in [-0.2, 0) is 10.0 Å². The number of nitrogens with zero attached hydrogens (tertiary/aromatic N) is 3. The second kappa shape index (κ2) is 7.20. The molecule has 0 radical (unpaired) electrons. The summed E-state index contributed by atoms with van der Waals surface area (Å²) < 4.78 is 26.9. The lowest BCUT2D eigenvalue weighted by atomic mass is 10.3. The average Bonchev–Trinajstić information content (AvgIpc) is 2.84. The van der Waals surface area contributed by atoms with Crippen LogP contribution >= 0.6 is 0 Å². The maximum atomic E-state index is 12.2. The molecule has 0 aliphatic carbocycles. The van der Waals surface area contributed by atoms with Gasteiger partial charge in [0, 0.05) is 6.54 Å². The summed E-state index contributed by atoms with van der Waals surface area (Å²) in [6, 6.07) is 6.13. The number of aromatic nitrogens is 2. The molecule has 0 bridgehead atoms. The molecule has 1 aromatic carbocycles. The van der Waals surface area contributed by atoms with Crippen LogP contribution < -0.4 is 16.2 Å². The molecular formula is C13H19N7O2S. The predicted octanol–water partition coefficient (Wildman–Crippen LogP) is 2.07. The van der Waals surface area contributed by atoms with Gasteiger partial charge in [0.25, 0.3) is 0 Å². The van der Waals surface area contributed by atoms with Crippen LogP contribution in [0.1, 0.15) is 19.8 Å². The van der Waals surface area contributed by atoms with Crippen molar-refractivity contribution >= 4 is 33.0 Å². The molecule has 0 spiro atoms. The molecule has 0 amide bonds. The van der Waals surface area contributed by atoms with Crippen LogP contribution in [0.5, 0.6) is 0 Å². The lowest BCUT2D eigenvalue weighted by molar-refractivity contribution is 0.578. The summed E-state index contributed by atoms with van der Waals surface area (Å²) >= 11 is 0. The fourth-order valence-electron chi connectivity index (χ4n) is 1.76. The number of nitrogens with one attached hydrogen (secondary N) is 2. The van der Waals surface area contributed by atoms with Crippen LogP contribution in [0, 0.1) is 0 Å². The van der Waals surface area contributed by atoms with Crippen molar-refractivity contribution in [3.63, 3.8) is 0 Å². The highest BCUT2D eigenvalue weighted by atomic mass is 32.2. The van der Waals surface area contributed by atoms with Crippen molar-refractivity contribution in [2.45, 2.75) is 24.7 Å². The van der Waals surface area contributed by atoms with Crippen LogP contribution in [0.2, 0.25) is 0 Å². The Morgan fingerprint density at radius 3 is 2.74 bits per heavy atom. The Kier molecular flexibility index (Phi) is 5.29. The van der Waals surface area contributed by atoms with E-state index in [4.69, 9.17) is 11.5 Å². The summed E-state index contributed by atoms with van der Waals surface area (Å²) in [6.07, 6.45) is 1.68. The van der Waals surface area contributed by atoms with E-state index in [-0.39, 0.29) is 22.2 Å². The maximum Gasteiger partial charge on any atom is 0.240 e. The van der Waals surface area contributed by atoms with Gasteiger partial charge >= 0.3 is 0 Å². The number of nitrogen functional groups attached to an aromatic ring is 2. The lowest BCUT2D eigenvalue weighted by Crippen LogP contribution is -2.24. The minimum atomic E-state index is -3.56. The van der Waals surface area contributed by atoms with E-state index in [1.165, 1.54) is 12.1 Å². The van der Waals surface area contributed by atoms with Crippen LogP contribution in [0.25, 0.3) is 0 Å². The second-order valence-electron chi connectivity index (χ2n) is 4.82. The number of benzene rings is 1. The van der Waals surface area contributed by atoms with Crippen molar-refractivity contribution < 1.29 is 8.42 Å². The molecule has 0 aliphatic heterocycles. The van der Waals surface area contributed by atoms with Gasteiger partial charge < -0.3 is 11.5 Å². The summed E-state index contributed by atoms with van der Waals surface area (Å²) in [4.78, 5) is 0.123. The normalized spacial score (nSPS) is 12.0. The Labute approximate surface area is 134 Å². The minimum absolute atomic E-state index is 0.122. The Balaban J connectivity index is 2.20. The third-order valence-corrected chi connectivity index (χ3v) is 4.47. The Hall–Kier alpha value is -2.46. The molecule has 9 nitrogen and oxygen atoms in total. The molecule has 124 valence electrons. The van der Waals surface area contributed by atoms with Gasteiger partial charge in [0.05, 0.1) is 10.6 Å². The summed E-state index contributed by atoms with van der Waals surface area (Å²) in [5.41, 5.74) is 11.8. The summed E-state index contributed by atoms with van der Waals surface area (Å²) in [6.45, 7) is 2.38. The van der Waals surface area contributed by atoms with Crippen molar-refractivity contribution in [2.75, 3.05) is 18.0 Å². The van der Waals surface area contributed by atoms with Gasteiger partial charge in [0.2, 0.25) is 10.0 Å². The average molecular weight is 337 g/mol. The number of aromatic amines is 1. The van der Waals surface area contributed by atoms with Gasteiger partial charge in [-0.05, 0) is 24.6 Å². The third kappa shape index (κ3) is 4.27. The quantitative estimate of drug-likeness (QED) is 0.450. The van der Waals surface area contributed by atoms with Crippen molar-refractivity contribution in [2.24, 2.45) is 10.2 Å². The molecular weight excluding hydrogens is 318 g/mol. The van der Waals surface area contributed by atoms with Crippen molar-refractivity contribution in [1.29, 1.82) is 0 Å². The number of nitrogens with two attached hydrogens (primary N) is 2. The van der Waals surface area contributed by atoms with E-state index >= 15 is 0 Å². The van der Waals surface area contributed by atoms with E-state index < -0.39 is 10.0 Å².